The lowest BCUT2D eigenvalue weighted by Gasteiger charge is -2.40. The second-order valence-electron chi connectivity index (χ2n) is 11.3. The summed E-state index contributed by atoms with van der Waals surface area (Å²) in [6.07, 6.45) is -0.221. The zero-order valence-corrected chi connectivity index (χ0v) is 25.8. The third-order valence-corrected chi connectivity index (χ3v) is 8.05. The van der Waals surface area contributed by atoms with Gasteiger partial charge in [0, 0.05) is 36.2 Å². The van der Waals surface area contributed by atoms with Gasteiger partial charge in [-0.05, 0) is 56.2 Å². The van der Waals surface area contributed by atoms with Crippen molar-refractivity contribution in [2.24, 2.45) is 0 Å². The molecule has 0 saturated heterocycles. The van der Waals surface area contributed by atoms with Crippen LogP contribution in [0.2, 0.25) is 0 Å². The normalized spacial score (nSPS) is 20.3. The molecule has 5 rings (SSSR count). The zero-order chi connectivity index (χ0) is 32.2. The fraction of sp³-hybridized carbons (Fsp3) is 0.455. The summed E-state index contributed by atoms with van der Waals surface area (Å²) in [5.41, 5.74) is 1.78. The van der Waals surface area contributed by atoms with Gasteiger partial charge in [-0.2, -0.15) is 0 Å². The number of hydrogen-bond donors (Lipinski definition) is 4. The summed E-state index contributed by atoms with van der Waals surface area (Å²) in [5, 5.41) is 34.6. The average Bonchev–Trinajstić information content (AvgIpc) is 3.66. The first-order valence-corrected chi connectivity index (χ1v) is 15.0. The number of furan rings is 1. The smallest absolute Gasteiger partial charge is 0.290 e. The van der Waals surface area contributed by atoms with Crippen LogP contribution in [0, 0.1) is 0 Å². The first-order valence-electron chi connectivity index (χ1n) is 15.0. The molecule has 4 unspecified atom stereocenters. The number of benzene rings is 2. The Morgan fingerprint density at radius 1 is 1.09 bits per heavy atom. The number of nitrogens with zero attached hydrogens (tertiary/aromatic N) is 1. The molecule has 1 aromatic heterocycles. The Bertz CT molecular complexity index is 1560. The average molecular weight is 625 g/mol. The van der Waals surface area contributed by atoms with Gasteiger partial charge in [0.25, 0.3) is 5.91 Å². The third kappa shape index (κ3) is 6.36. The highest BCUT2D eigenvalue weighted by Crippen LogP contribution is 2.51. The molecule has 3 aromatic rings. The molecule has 45 heavy (non-hydrogen) atoms. The molecule has 0 saturated carbocycles. The Hall–Kier alpha value is -4.10. The first kappa shape index (κ1) is 32.3. The van der Waals surface area contributed by atoms with Crippen LogP contribution < -0.4 is 19.5 Å². The number of carbonyl (C=O) groups is 2. The van der Waals surface area contributed by atoms with E-state index in [4.69, 9.17) is 23.4 Å². The van der Waals surface area contributed by atoms with Crippen molar-refractivity contribution < 1.29 is 48.3 Å². The highest BCUT2D eigenvalue weighted by atomic mass is 16.5. The monoisotopic (exact) mass is 624 g/mol. The number of nitrogens with one attached hydrogen (secondary N) is 1. The number of amides is 2. The molecule has 12 heteroatoms. The second kappa shape index (κ2) is 13.9. The van der Waals surface area contributed by atoms with Gasteiger partial charge in [-0.25, -0.2) is 0 Å². The number of fused-ring (bicyclic) bond motifs is 4. The molecule has 0 fully saturated rings. The van der Waals surface area contributed by atoms with E-state index in [2.05, 4.69) is 5.32 Å². The lowest BCUT2D eigenvalue weighted by Crippen LogP contribution is -2.56. The van der Waals surface area contributed by atoms with Gasteiger partial charge in [-0.15, -0.1) is 0 Å². The number of aliphatic hydroxyl groups excluding tert-OH is 3. The molecule has 1 aliphatic heterocycles. The first-order chi connectivity index (χ1) is 21.7. The molecule has 2 aromatic carbocycles. The van der Waals surface area contributed by atoms with Crippen LogP contribution in [0.15, 0.2) is 52.5 Å². The van der Waals surface area contributed by atoms with E-state index in [1.54, 1.807) is 42.5 Å². The van der Waals surface area contributed by atoms with Gasteiger partial charge in [0.15, 0.2) is 28.6 Å². The Morgan fingerprint density at radius 2 is 1.87 bits per heavy atom. The lowest BCUT2D eigenvalue weighted by molar-refractivity contribution is -0.118. The number of methoxy groups -OCH3 is 2. The van der Waals surface area contributed by atoms with E-state index < -0.39 is 36.0 Å². The Balaban J connectivity index is 1.58. The maximum atomic E-state index is 14.2. The molecule has 12 nitrogen and oxygen atoms in total. The molecule has 0 spiro atoms. The van der Waals surface area contributed by atoms with Crippen molar-refractivity contribution >= 4 is 22.8 Å². The summed E-state index contributed by atoms with van der Waals surface area (Å²) in [7, 11) is 2.98. The van der Waals surface area contributed by atoms with Crippen molar-refractivity contribution in [3.8, 4) is 17.2 Å². The van der Waals surface area contributed by atoms with Gasteiger partial charge >= 0.3 is 0 Å². The van der Waals surface area contributed by atoms with Crippen molar-refractivity contribution in [3.63, 3.8) is 0 Å². The molecule has 0 radical (unpaired) electrons. The van der Waals surface area contributed by atoms with Crippen molar-refractivity contribution in [2.45, 2.75) is 57.1 Å². The SMILES string of the molecule is COc1cc(CO)cc2c1OC1C2C(C(=O)NCCO)=CC(N(CCCOC(C)C)C(=O)c2cc3cccc(OC)c3o2)C1O. The van der Waals surface area contributed by atoms with Gasteiger partial charge in [0.2, 0.25) is 5.91 Å². The van der Waals surface area contributed by atoms with Gasteiger partial charge in [0.05, 0.1) is 45.5 Å². The topological polar surface area (TPSA) is 160 Å². The Morgan fingerprint density at radius 3 is 2.56 bits per heavy atom. The van der Waals surface area contributed by atoms with Gasteiger partial charge in [0.1, 0.15) is 12.2 Å². The van der Waals surface area contributed by atoms with Crippen LogP contribution in [0.3, 0.4) is 0 Å². The van der Waals surface area contributed by atoms with E-state index in [9.17, 15) is 24.9 Å². The summed E-state index contributed by atoms with van der Waals surface area (Å²) in [6.45, 7) is 3.83. The van der Waals surface area contributed by atoms with Crippen LogP contribution in [0.4, 0.5) is 0 Å². The minimum absolute atomic E-state index is 0.00446. The maximum Gasteiger partial charge on any atom is 0.290 e. The highest BCUT2D eigenvalue weighted by molar-refractivity contribution is 5.99. The molecule has 2 aliphatic rings. The van der Waals surface area contributed by atoms with Gasteiger partial charge in [-0.1, -0.05) is 12.1 Å². The summed E-state index contributed by atoms with van der Waals surface area (Å²) in [6, 6.07) is 9.31. The predicted molar refractivity (Wildman–Crippen MR) is 164 cm³/mol. The molecule has 242 valence electrons. The van der Waals surface area contributed by atoms with Crippen LogP contribution in [-0.2, 0) is 16.1 Å². The molecule has 1 aliphatic carbocycles. The lowest BCUT2D eigenvalue weighted by atomic mass is 9.77. The van der Waals surface area contributed by atoms with Gasteiger partial charge in [-0.3, -0.25) is 9.59 Å². The van der Waals surface area contributed by atoms with E-state index >= 15 is 0 Å². The standard InChI is InChI=1S/C33H40N2O10/c1-18(2)43-12-6-10-35(33(40)26-15-20-7-5-8-24(41-3)29(20)44-26)23-16-22(32(39)34-9-11-36)27-21-13-19(17-37)14-25(42-4)30(21)45-31(27)28(23)38/h5,7-8,13-16,18,23,27-28,31,36-38H,6,9-12,17H2,1-4H3,(H,34,39). The van der Waals surface area contributed by atoms with Crippen molar-refractivity contribution in [3.05, 3.63) is 64.9 Å². The van der Waals surface area contributed by atoms with Gasteiger partial charge < -0.3 is 48.9 Å². The number of para-hydroxylation sites is 1. The van der Waals surface area contributed by atoms with Crippen molar-refractivity contribution in [2.75, 3.05) is 40.5 Å². The van der Waals surface area contributed by atoms with E-state index in [-0.39, 0.29) is 43.7 Å². The highest BCUT2D eigenvalue weighted by Gasteiger charge is 2.51. The summed E-state index contributed by atoms with van der Waals surface area (Å²) >= 11 is 0. The largest absolute Gasteiger partial charge is 0.493 e. The van der Waals surface area contributed by atoms with Crippen molar-refractivity contribution in [1.29, 1.82) is 0 Å². The molecule has 0 bridgehead atoms. The van der Waals surface area contributed by atoms with Crippen LogP contribution in [-0.4, -0.2) is 96.9 Å². The van der Waals surface area contributed by atoms with Crippen LogP contribution in [0.1, 0.15) is 47.9 Å². The van der Waals surface area contributed by atoms with E-state index in [0.29, 0.717) is 52.4 Å². The summed E-state index contributed by atoms with van der Waals surface area (Å²) < 4.78 is 29.0. The van der Waals surface area contributed by atoms with E-state index in [1.165, 1.54) is 19.1 Å². The quantitative estimate of drug-likeness (QED) is 0.208. The van der Waals surface area contributed by atoms with Crippen LogP contribution in [0.25, 0.3) is 11.0 Å². The van der Waals surface area contributed by atoms with E-state index in [1.807, 2.05) is 13.8 Å². The maximum absolute atomic E-state index is 14.2. The van der Waals surface area contributed by atoms with Crippen molar-refractivity contribution in [1.82, 2.24) is 10.2 Å². The number of rotatable bonds is 13. The molecule has 4 N–H and O–H groups in total. The number of carbonyl (C=O) groups excluding carboxylic acids is 2. The van der Waals surface area contributed by atoms with E-state index in [0.717, 1.165) is 0 Å². The fourth-order valence-electron chi connectivity index (χ4n) is 6.00. The fourth-order valence-corrected chi connectivity index (χ4v) is 6.00. The molecular weight excluding hydrogens is 584 g/mol. The second-order valence-corrected chi connectivity index (χ2v) is 11.3. The minimum atomic E-state index is -1.27. The molecule has 2 amide bonds. The minimum Gasteiger partial charge on any atom is -0.493 e. The number of ether oxygens (including phenoxy) is 4. The zero-order valence-electron chi connectivity index (χ0n) is 25.8. The van der Waals surface area contributed by atoms with Crippen LogP contribution in [0.5, 0.6) is 17.2 Å². The molecule has 4 atom stereocenters. The third-order valence-electron chi connectivity index (χ3n) is 8.05. The number of aliphatic hydroxyl groups is 3. The predicted octanol–water partition coefficient (Wildman–Crippen LogP) is 2.52. The molecular formula is C33H40N2O10. The Kier molecular flexibility index (Phi) is 9.98. The summed E-state index contributed by atoms with van der Waals surface area (Å²) in [5.74, 6) is -0.509. The van der Waals surface area contributed by atoms with Crippen LogP contribution >= 0.6 is 0 Å². The summed E-state index contributed by atoms with van der Waals surface area (Å²) in [4.78, 5) is 29.3. The molecule has 2 heterocycles. The Labute approximate surface area is 261 Å². The number of hydrogen-bond acceptors (Lipinski definition) is 10.